The Balaban J connectivity index is 1.14. The van der Waals surface area contributed by atoms with E-state index in [9.17, 15) is 0 Å². The Bertz CT molecular complexity index is 3510. The van der Waals surface area contributed by atoms with E-state index in [2.05, 4.69) is 206 Å². The van der Waals surface area contributed by atoms with E-state index in [-0.39, 0.29) is 5.41 Å². The zero-order chi connectivity index (χ0) is 40.0. The van der Waals surface area contributed by atoms with Gasteiger partial charge in [-0.3, -0.25) is 4.57 Å². The van der Waals surface area contributed by atoms with Crippen molar-refractivity contribution in [3.05, 3.63) is 205 Å². The first-order valence-electron chi connectivity index (χ1n) is 20.6. The fraction of sp³-hybridized carbons (Fsp3) is 0.0536. The molecule has 2 aromatic heterocycles. The van der Waals surface area contributed by atoms with Gasteiger partial charge in [0, 0.05) is 32.9 Å². The van der Waals surface area contributed by atoms with Gasteiger partial charge < -0.3 is 0 Å². The molecule has 9 aromatic carbocycles. The molecule has 0 saturated heterocycles. The van der Waals surface area contributed by atoms with Gasteiger partial charge in [0.25, 0.3) is 0 Å². The highest BCUT2D eigenvalue weighted by Gasteiger charge is 2.35. The summed E-state index contributed by atoms with van der Waals surface area (Å²) in [5.74, 6) is 1.82. The summed E-state index contributed by atoms with van der Waals surface area (Å²) in [6.45, 7) is 4.69. The average molecular weight is 767 g/mol. The van der Waals surface area contributed by atoms with Crippen LogP contribution in [0.3, 0.4) is 0 Å². The zero-order valence-corrected chi connectivity index (χ0v) is 33.3. The first kappa shape index (κ1) is 34.4. The van der Waals surface area contributed by atoms with E-state index in [0.29, 0.717) is 17.6 Å². The molecule has 60 heavy (non-hydrogen) atoms. The Morgan fingerprint density at radius 1 is 0.383 bits per heavy atom. The minimum Gasteiger partial charge on any atom is -0.277 e. The fourth-order valence-electron chi connectivity index (χ4n) is 9.64. The van der Waals surface area contributed by atoms with Crippen molar-refractivity contribution in [3.63, 3.8) is 0 Å². The SMILES string of the molecule is CC1(C)c2ccccc2-c2ccc(-c3cccc4c5c6ccccc6ccc5n(-c5nc(-c6ccc(-c7ccccc7)cc6)nc(-c6ccc7ccccc7c6)n5)c34)cc21. The highest BCUT2D eigenvalue weighted by atomic mass is 15.2. The monoisotopic (exact) mass is 766 g/mol. The lowest BCUT2D eigenvalue weighted by atomic mass is 9.81. The van der Waals surface area contributed by atoms with Gasteiger partial charge in [-0.1, -0.05) is 190 Å². The van der Waals surface area contributed by atoms with E-state index in [4.69, 9.17) is 15.0 Å². The number of para-hydroxylation sites is 1. The molecular formula is C56H38N4. The molecule has 0 bridgehead atoms. The highest BCUT2D eigenvalue weighted by molar-refractivity contribution is 6.23. The number of aromatic nitrogens is 4. The molecule has 0 spiro atoms. The summed E-state index contributed by atoms with van der Waals surface area (Å²) in [4.78, 5) is 16.0. The van der Waals surface area contributed by atoms with E-state index in [1.165, 1.54) is 49.4 Å². The van der Waals surface area contributed by atoms with Crippen LogP contribution in [0, 0.1) is 0 Å². The third kappa shape index (κ3) is 5.27. The molecule has 11 aromatic rings. The van der Waals surface area contributed by atoms with Crippen LogP contribution >= 0.6 is 0 Å². The van der Waals surface area contributed by atoms with Crippen molar-refractivity contribution in [1.82, 2.24) is 19.5 Å². The smallest absolute Gasteiger partial charge is 0.238 e. The highest BCUT2D eigenvalue weighted by Crippen LogP contribution is 2.50. The second kappa shape index (κ2) is 13.2. The van der Waals surface area contributed by atoms with Crippen molar-refractivity contribution in [2.24, 2.45) is 0 Å². The van der Waals surface area contributed by atoms with Crippen molar-refractivity contribution >= 4 is 43.4 Å². The number of nitrogens with zero attached hydrogens (tertiary/aromatic N) is 4. The van der Waals surface area contributed by atoms with E-state index in [1.807, 2.05) is 6.07 Å². The van der Waals surface area contributed by atoms with E-state index in [1.54, 1.807) is 0 Å². The van der Waals surface area contributed by atoms with Gasteiger partial charge in [-0.15, -0.1) is 0 Å². The predicted molar refractivity (Wildman–Crippen MR) is 248 cm³/mol. The van der Waals surface area contributed by atoms with Gasteiger partial charge in [0.05, 0.1) is 11.0 Å². The molecule has 4 nitrogen and oxygen atoms in total. The van der Waals surface area contributed by atoms with Gasteiger partial charge in [0.1, 0.15) is 0 Å². The Morgan fingerprint density at radius 2 is 0.983 bits per heavy atom. The van der Waals surface area contributed by atoms with Crippen LogP contribution in [0.4, 0.5) is 0 Å². The molecule has 1 aliphatic rings. The third-order valence-electron chi connectivity index (χ3n) is 12.7. The standard InChI is InChI=1S/C56H38N4/c1-56(2)48-22-11-10-19-45(48)46-31-29-41(34-49(46)56)44-20-12-21-47-51-43-18-9-8-16-38(43)30-32-50(51)60(52(44)47)55-58-53(39-26-23-37(24-27-39)35-13-4-3-5-14-35)57-54(59-55)42-28-25-36-15-6-7-17-40(36)33-42/h3-34H,1-2H3. The van der Waals surface area contributed by atoms with Crippen LogP contribution in [-0.2, 0) is 5.41 Å². The van der Waals surface area contributed by atoms with Crippen LogP contribution in [0.1, 0.15) is 25.0 Å². The molecule has 0 radical (unpaired) electrons. The average Bonchev–Trinajstić information content (AvgIpc) is 3.77. The van der Waals surface area contributed by atoms with Gasteiger partial charge in [-0.05, 0) is 78.7 Å². The lowest BCUT2D eigenvalue weighted by molar-refractivity contribution is 0.660. The Kier molecular flexibility index (Phi) is 7.54. The summed E-state index contributed by atoms with van der Waals surface area (Å²) < 4.78 is 2.29. The van der Waals surface area contributed by atoms with E-state index < -0.39 is 0 Å². The maximum Gasteiger partial charge on any atom is 0.238 e. The Morgan fingerprint density at radius 3 is 1.83 bits per heavy atom. The molecule has 1 aliphatic carbocycles. The number of hydrogen-bond acceptors (Lipinski definition) is 3. The van der Waals surface area contributed by atoms with Gasteiger partial charge in [0.15, 0.2) is 11.6 Å². The number of hydrogen-bond donors (Lipinski definition) is 0. The quantitative estimate of drug-likeness (QED) is 0.175. The van der Waals surface area contributed by atoms with Crippen LogP contribution in [0.25, 0.3) is 105 Å². The zero-order valence-electron chi connectivity index (χ0n) is 33.3. The second-order valence-corrected chi connectivity index (χ2v) is 16.4. The first-order valence-corrected chi connectivity index (χ1v) is 20.6. The van der Waals surface area contributed by atoms with Crippen LogP contribution in [-0.4, -0.2) is 19.5 Å². The summed E-state index contributed by atoms with van der Waals surface area (Å²) in [7, 11) is 0. The fourth-order valence-corrected chi connectivity index (χ4v) is 9.64. The largest absolute Gasteiger partial charge is 0.277 e. The van der Waals surface area contributed by atoms with Gasteiger partial charge in [0.2, 0.25) is 5.95 Å². The van der Waals surface area contributed by atoms with E-state index in [0.717, 1.165) is 49.6 Å². The minimum atomic E-state index is -0.132. The third-order valence-corrected chi connectivity index (χ3v) is 12.7. The summed E-state index contributed by atoms with van der Waals surface area (Å²) in [5.41, 5.74) is 13.8. The van der Waals surface area contributed by atoms with Gasteiger partial charge >= 0.3 is 0 Å². The normalized spacial score (nSPS) is 13.0. The Hall–Kier alpha value is -7.69. The van der Waals surface area contributed by atoms with Crippen LogP contribution in [0.2, 0.25) is 0 Å². The summed E-state index contributed by atoms with van der Waals surface area (Å²) in [5, 5.41) is 7.04. The maximum absolute atomic E-state index is 5.41. The number of fused-ring (bicyclic) bond motifs is 9. The predicted octanol–water partition coefficient (Wildman–Crippen LogP) is 14.2. The maximum atomic E-state index is 5.41. The molecule has 12 rings (SSSR count). The minimum absolute atomic E-state index is 0.132. The van der Waals surface area contributed by atoms with Crippen LogP contribution < -0.4 is 0 Å². The number of benzene rings is 9. The molecule has 0 unspecified atom stereocenters. The topological polar surface area (TPSA) is 43.6 Å². The van der Waals surface area contributed by atoms with Gasteiger partial charge in [-0.2, -0.15) is 9.97 Å². The molecule has 282 valence electrons. The molecule has 0 saturated carbocycles. The van der Waals surface area contributed by atoms with Crippen LogP contribution in [0.15, 0.2) is 194 Å². The molecule has 4 heteroatoms. The van der Waals surface area contributed by atoms with Crippen molar-refractivity contribution in [3.8, 4) is 62.1 Å². The summed E-state index contributed by atoms with van der Waals surface area (Å²) >= 11 is 0. The Labute approximate surface area is 348 Å². The molecular weight excluding hydrogens is 729 g/mol. The molecule has 0 atom stereocenters. The van der Waals surface area contributed by atoms with Crippen LogP contribution in [0.5, 0.6) is 0 Å². The van der Waals surface area contributed by atoms with E-state index >= 15 is 0 Å². The summed E-state index contributed by atoms with van der Waals surface area (Å²) in [6, 6.07) is 69.6. The molecule has 0 N–H and O–H groups in total. The first-order chi connectivity index (χ1) is 29.5. The van der Waals surface area contributed by atoms with Crippen molar-refractivity contribution in [2.45, 2.75) is 19.3 Å². The summed E-state index contributed by atoms with van der Waals surface area (Å²) in [6.07, 6.45) is 0. The molecule has 0 aliphatic heterocycles. The lowest BCUT2D eigenvalue weighted by Gasteiger charge is -2.22. The van der Waals surface area contributed by atoms with Crippen molar-refractivity contribution in [2.75, 3.05) is 0 Å². The van der Waals surface area contributed by atoms with Gasteiger partial charge in [-0.25, -0.2) is 4.98 Å². The molecule has 0 fully saturated rings. The number of rotatable bonds is 5. The molecule has 2 heterocycles. The van der Waals surface area contributed by atoms with Crippen molar-refractivity contribution < 1.29 is 0 Å². The molecule has 0 amide bonds. The lowest BCUT2D eigenvalue weighted by Crippen LogP contribution is -2.14. The van der Waals surface area contributed by atoms with Crippen molar-refractivity contribution in [1.29, 1.82) is 0 Å². The second-order valence-electron chi connectivity index (χ2n) is 16.4.